The van der Waals surface area contributed by atoms with Crippen LogP contribution in [0.25, 0.3) is 0 Å². The Morgan fingerprint density at radius 1 is 1.59 bits per heavy atom. The molecule has 0 aliphatic heterocycles. The summed E-state index contributed by atoms with van der Waals surface area (Å²) in [7, 11) is 0. The van der Waals surface area contributed by atoms with Gasteiger partial charge in [-0.3, -0.25) is 0 Å². The molecule has 0 fully saturated rings. The quantitative estimate of drug-likeness (QED) is 0.861. The summed E-state index contributed by atoms with van der Waals surface area (Å²) < 4.78 is 10.2. The van der Waals surface area contributed by atoms with Crippen molar-refractivity contribution in [2.45, 2.75) is 23.9 Å². The molecule has 0 radical (unpaired) electrons. The van der Waals surface area contributed by atoms with Crippen LogP contribution in [-0.4, -0.2) is 20.4 Å². The maximum Gasteiger partial charge on any atom is 0.372 e. The molecule has 0 bridgehead atoms. The number of furan rings is 1. The molecule has 2 aromatic heterocycles. The lowest BCUT2D eigenvalue weighted by molar-refractivity contribution is 0.0659. The zero-order valence-corrected chi connectivity index (χ0v) is 10.9. The van der Waals surface area contributed by atoms with Crippen molar-refractivity contribution >= 4 is 29.3 Å². The Morgan fingerprint density at radius 2 is 2.35 bits per heavy atom. The minimum absolute atomic E-state index is 0.00837. The molecule has 1 N–H and O–H groups in total. The fourth-order valence-corrected chi connectivity index (χ4v) is 2.83. The first-order chi connectivity index (χ1) is 8.06. The molecule has 0 saturated heterocycles. The first-order valence-electron chi connectivity index (χ1n) is 4.82. The third-order valence-corrected chi connectivity index (χ3v) is 3.96. The largest absolute Gasteiger partial charge is 0.475 e. The Hall–Kier alpha value is -1.34. The molecule has 0 spiro atoms. The summed E-state index contributed by atoms with van der Waals surface area (Å²) in [5.74, 6) is 0.916. The summed E-state index contributed by atoms with van der Waals surface area (Å²) in [5, 5.41) is 8.85. The maximum atomic E-state index is 10.8. The second-order valence-corrected chi connectivity index (χ2v) is 5.40. The standard InChI is InChI=1S/C10H10N2O3S2/c1-5-3-7(15-8(5)9(13)14)4-16-10-11-6(2)12-17-10/h3H,4H2,1-2H3,(H,13,14). The van der Waals surface area contributed by atoms with Crippen LogP contribution in [-0.2, 0) is 5.75 Å². The van der Waals surface area contributed by atoms with Gasteiger partial charge in [-0.25, -0.2) is 9.78 Å². The van der Waals surface area contributed by atoms with Crippen LogP contribution in [0.15, 0.2) is 14.8 Å². The Bertz CT molecular complexity index is 547. The molecule has 2 aromatic rings. The first kappa shape index (κ1) is 12.1. The SMILES string of the molecule is Cc1nsc(SCc2cc(C)c(C(=O)O)o2)n1. The Kier molecular flexibility index (Phi) is 3.49. The normalized spacial score (nSPS) is 10.7. The van der Waals surface area contributed by atoms with Crippen LogP contribution < -0.4 is 0 Å². The van der Waals surface area contributed by atoms with Crippen molar-refractivity contribution in [3.8, 4) is 0 Å². The summed E-state index contributed by atoms with van der Waals surface area (Å²) >= 11 is 2.82. The van der Waals surface area contributed by atoms with Crippen LogP contribution in [0.3, 0.4) is 0 Å². The number of aryl methyl sites for hydroxylation is 2. The number of aromatic nitrogens is 2. The topological polar surface area (TPSA) is 76.2 Å². The monoisotopic (exact) mass is 270 g/mol. The van der Waals surface area contributed by atoms with Crippen LogP contribution in [0.1, 0.15) is 27.7 Å². The van der Waals surface area contributed by atoms with Gasteiger partial charge < -0.3 is 9.52 Å². The van der Waals surface area contributed by atoms with Crippen molar-refractivity contribution in [2.75, 3.05) is 0 Å². The molecule has 0 aromatic carbocycles. The number of rotatable bonds is 4. The lowest BCUT2D eigenvalue weighted by atomic mass is 10.3. The lowest BCUT2D eigenvalue weighted by Crippen LogP contribution is -1.94. The van der Waals surface area contributed by atoms with Gasteiger partial charge >= 0.3 is 5.97 Å². The van der Waals surface area contributed by atoms with Gasteiger partial charge in [0.1, 0.15) is 11.6 Å². The zero-order valence-electron chi connectivity index (χ0n) is 9.26. The molecule has 90 valence electrons. The van der Waals surface area contributed by atoms with Crippen molar-refractivity contribution in [2.24, 2.45) is 0 Å². The molecule has 0 unspecified atom stereocenters. The Labute approximate surface area is 106 Å². The van der Waals surface area contributed by atoms with E-state index < -0.39 is 5.97 Å². The minimum atomic E-state index is -1.04. The molecule has 17 heavy (non-hydrogen) atoms. The second-order valence-electron chi connectivity index (χ2n) is 3.43. The summed E-state index contributed by atoms with van der Waals surface area (Å²) in [6.07, 6.45) is 0. The molecule has 0 aliphatic carbocycles. The summed E-state index contributed by atoms with van der Waals surface area (Å²) in [4.78, 5) is 15.0. The molecule has 2 rings (SSSR count). The van der Waals surface area contributed by atoms with Crippen LogP contribution in [0, 0.1) is 13.8 Å². The van der Waals surface area contributed by atoms with E-state index in [4.69, 9.17) is 9.52 Å². The van der Waals surface area contributed by atoms with Gasteiger partial charge in [-0.05, 0) is 31.4 Å². The van der Waals surface area contributed by atoms with E-state index in [1.54, 1.807) is 13.0 Å². The van der Waals surface area contributed by atoms with Crippen molar-refractivity contribution < 1.29 is 14.3 Å². The molecule has 0 atom stereocenters. The number of carboxylic acids is 1. The predicted molar refractivity (Wildman–Crippen MR) is 64.6 cm³/mol. The molecule has 2 heterocycles. The maximum absolute atomic E-state index is 10.8. The van der Waals surface area contributed by atoms with E-state index in [9.17, 15) is 4.79 Å². The summed E-state index contributed by atoms with van der Waals surface area (Å²) in [6.45, 7) is 3.55. The van der Waals surface area contributed by atoms with Gasteiger partial charge in [-0.15, -0.1) is 0 Å². The van der Waals surface area contributed by atoms with E-state index in [0.29, 0.717) is 17.1 Å². The van der Waals surface area contributed by atoms with Gasteiger partial charge in [-0.2, -0.15) is 4.37 Å². The number of carbonyl (C=O) groups is 1. The smallest absolute Gasteiger partial charge is 0.372 e. The highest BCUT2D eigenvalue weighted by Crippen LogP contribution is 2.26. The minimum Gasteiger partial charge on any atom is -0.475 e. The van der Waals surface area contributed by atoms with Crippen LogP contribution in [0.4, 0.5) is 0 Å². The number of hydrogen-bond acceptors (Lipinski definition) is 6. The third kappa shape index (κ3) is 2.86. The van der Waals surface area contributed by atoms with E-state index in [1.807, 2.05) is 6.92 Å². The van der Waals surface area contributed by atoms with E-state index in [0.717, 1.165) is 10.2 Å². The molecular formula is C10H10N2O3S2. The van der Waals surface area contributed by atoms with Crippen molar-refractivity contribution in [3.05, 3.63) is 29.0 Å². The number of thioether (sulfide) groups is 1. The highest BCUT2D eigenvalue weighted by atomic mass is 32.2. The molecule has 7 heteroatoms. The third-order valence-electron chi connectivity index (χ3n) is 2.01. The first-order valence-corrected chi connectivity index (χ1v) is 6.58. The fraction of sp³-hybridized carbons (Fsp3) is 0.300. The van der Waals surface area contributed by atoms with E-state index >= 15 is 0 Å². The summed E-state index contributed by atoms with van der Waals surface area (Å²) in [5.41, 5.74) is 0.640. The fourth-order valence-electron chi connectivity index (χ4n) is 1.30. The molecule has 0 amide bonds. The average Bonchev–Trinajstić information content (AvgIpc) is 2.82. The van der Waals surface area contributed by atoms with Gasteiger partial charge in [0, 0.05) is 5.56 Å². The zero-order chi connectivity index (χ0) is 12.4. The highest BCUT2D eigenvalue weighted by molar-refractivity contribution is 8.00. The van der Waals surface area contributed by atoms with E-state index in [-0.39, 0.29) is 5.76 Å². The van der Waals surface area contributed by atoms with E-state index in [1.165, 1.54) is 23.3 Å². The van der Waals surface area contributed by atoms with Crippen LogP contribution >= 0.6 is 23.3 Å². The van der Waals surface area contributed by atoms with Crippen molar-refractivity contribution in [1.29, 1.82) is 0 Å². The van der Waals surface area contributed by atoms with Crippen LogP contribution in [0.5, 0.6) is 0 Å². The van der Waals surface area contributed by atoms with Gasteiger partial charge in [0.05, 0.1) is 5.75 Å². The second kappa shape index (κ2) is 4.89. The predicted octanol–water partition coefficient (Wildman–Crippen LogP) is 2.74. The highest BCUT2D eigenvalue weighted by Gasteiger charge is 2.14. The van der Waals surface area contributed by atoms with Crippen LogP contribution in [0.2, 0.25) is 0 Å². The number of carboxylic acid groups (broad SMARTS) is 1. The lowest BCUT2D eigenvalue weighted by Gasteiger charge is -1.92. The number of nitrogens with zero attached hydrogens (tertiary/aromatic N) is 2. The van der Waals surface area contributed by atoms with Crippen molar-refractivity contribution in [3.63, 3.8) is 0 Å². The number of hydrogen-bond donors (Lipinski definition) is 1. The Morgan fingerprint density at radius 3 is 2.88 bits per heavy atom. The average molecular weight is 270 g/mol. The molecule has 0 saturated carbocycles. The van der Waals surface area contributed by atoms with Crippen molar-refractivity contribution in [1.82, 2.24) is 9.36 Å². The van der Waals surface area contributed by atoms with E-state index in [2.05, 4.69) is 9.36 Å². The van der Waals surface area contributed by atoms with Gasteiger partial charge in [0.2, 0.25) is 5.76 Å². The molecule has 5 nitrogen and oxygen atoms in total. The Balaban J connectivity index is 2.04. The van der Waals surface area contributed by atoms with Gasteiger partial charge in [0.25, 0.3) is 0 Å². The molecular weight excluding hydrogens is 260 g/mol. The summed E-state index contributed by atoms with van der Waals surface area (Å²) in [6, 6.07) is 1.74. The van der Waals surface area contributed by atoms with Gasteiger partial charge in [0.15, 0.2) is 4.34 Å². The number of aromatic carboxylic acids is 1. The van der Waals surface area contributed by atoms with Gasteiger partial charge in [-0.1, -0.05) is 11.8 Å². The molecule has 0 aliphatic rings.